The minimum Gasteiger partial charge on any atom is -0.481 e. The third-order valence-corrected chi connectivity index (χ3v) is 6.50. The largest absolute Gasteiger partial charge is 0.481 e. The Morgan fingerprint density at radius 1 is 1.18 bits per heavy atom. The summed E-state index contributed by atoms with van der Waals surface area (Å²) in [6, 6.07) is 9.64. The molecule has 1 atom stereocenters. The quantitative estimate of drug-likeness (QED) is 0.384. The Hall–Kier alpha value is -3.14. The van der Waals surface area contributed by atoms with Crippen molar-refractivity contribution < 1.29 is 18.6 Å². The number of aromatic nitrogens is 3. The van der Waals surface area contributed by atoms with E-state index in [0.717, 1.165) is 54.8 Å². The van der Waals surface area contributed by atoms with Crippen LogP contribution in [0, 0.1) is 11.6 Å². The van der Waals surface area contributed by atoms with Crippen LogP contribution in [0.4, 0.5) is 8.78 Å². The number of halogens is 2. The number of aliphatic hydroxyl groups is 1. The first-order chi connectivity index (χ1) is 16.5. The predicted molar refractivity (Wildman–Crippen MR) is 126 cm³/mol. The van der Waals surface area contributed by atoms with E-state index in [0.29, 0.717) is 30.5 Å². The van der Waals surface area contributed by atoms with Crippen molar-refractivity contribution in [3.05, 3.63) is 65.5 Å². The molecule has 3 aromatic heterocycles. The zero-order chi connectivity index (χ0) is 23.7. The van der Waals surface area contributed by atoms with Crippen molar-refractivity contribution in [1.29, 1.82) is 0 Å². The fraction of sp³-hybridized carbons (Fsp3) is 0.360. The number of H-pyrrole nitrogens is 1. The second kappa shape index (κ2) is 9.61. The van der Waals surface area contributed by atoms with Gasteiger partial charge in [0.15, 0.2) is 0 Å². The van der Waals surface area contributed by atoms with Gasteiger partial charge in [0.2, 0.25) is 5.88 Å². The lowest BCUT2D eigenvalue weighted by Gasteiger charge is -2.33. The Morgan fingerprint density at radius 2 is 1.97 bits per heavy atom. The van der Waals surface area contributed by atoms with Gasteiger partial charge in [0.05, 0.1) is 29.8 Å². The molecule has 3 N–H and O–H groups in total. The van der Waals surface area contributed by atoms with Crippen LogP contribution in [0.5, 0.6) is 5.88 Å². The number of piperidine rings is 1. The van der Waals surface area contributed by atoms with Gasteiger partial charge in [0.1, 0.15) is 11.6 Å². The minimum atomic E-state index is -0.689. The summed E-state index contributed by atoms with van der Waals surface area (Å²) in [5.74, 6) is -0.396. The van der Waals surface area contributed by atoms with E-state index in [4.69, 9.17) is 4.74 Å². The molecule has 0 amide bonds. The van der Waals surface area contributed by atoms with Crippen molar-refractivity contribution in [3.63, 3.8) is 0 Å². The first-order valence-corrected chi connectivity index (χ1v) is 11.4. The van der Waals surface area contributed by atoms with Crippen LogP contribution >= 0.6 is 0 Å². The topological polar surface area (TPSA) is 86.3 Å². The summed E-state index contributed by atoms with van der Waals surface area (Å²) < 4.78 is 33.1. The molecule has 0 saturated carbocycles. The molecular weight excluding hydrogens is 440 g/mol. The van der Waals surface area contributed by atoms with E-state index < -0.39 is 17.7 Å². The number of likely N-dealkylation sites (tertiary alicyclic amines) is 1. The second-order valence-electron chi connectivity index (χ2n) is 8.71. The second-order valence-corrected chi connectivity index (χ2v) is 8.71. The highest BCUT2D eigenvalue weighted by molar-refractivity contribution is 5.81. The summed E-state index contributed by atoms with van der Waals surface area (Å²) in [6.07, 6.45) is 2.83. The monoisotopic (exact) mass is 467 g/mol. The third-order valence-electron chi connectivity index (χ3n) is 6.50. The van der Waals surface area contributed by atoms with E-state index in [1.54, 1.807) is 31.5 Å². The summed E-state index contributed by atoms with van der Waals surface area (Å²) in [5, 5.41) is 14.7. The molecule has 1 saturated heterocycles. The summed E-state index contributed by atoms with van der Waals surface area (Å²) in [6.45, 7) is 2.69. The highest BCUT2D eigenvalue weighted by Gasteiger charge is 2.23. The molecule has 0 bridgehead atoms. The van der Waals surface area contributed by atoms with Crippen molar-refractivity contribution in [2.45, 2.75) is 31.5 Å². The fourth-order valence-corrected chi connectivity index (χ4v) is 4.63. The summed E-state index contributed by atoms with van der Waals surface area (Å²) in [5.41, 5.74) is 3.07. The normalized spacial score (nSPS) is 16.4. The van der Waals surface area contributed by atoms with E-state index in [1.165, 1.54) is 0 Å². The number of hydrogen-bond acceptors (Lipinski definition) is 6. The van der Waals surface area contributed by atoms with Gasteiger partial charge in [-0.2, -0.15) is 0 Å². The maximum absolute atomic E-state index is 13.9. The predicted octanol–water partition coefficient (Wildman–Crippen LogP) is 3.69. The lowest BCUT2D eigenvalue weighted by Crippen LogP contribution is -2.43. The smallest absolute Gasteiger partial charge is 0.213 e. The SMILES string of the molecule is COc1ccc2nccc([C@@H](O)CN3CCC(NCc4cc5c(F)ccc(F)c5[nH]4)CC3)c2n1. The van der Waals surface area contributed by atoms with E-state index in [2.05, 4.69) is 25.2 Å². The first kappa shape index (κ1) is 22.6. The average Bonchev–Trinajstić information content (AvgIpc) is 3.31. The molecule has 4 aromatic rings. The molecule has 0 unspecified atom stereocenters. The van der Waals surface area contributed by atoms with Gasteiger partial charge >= 0.3 is 0 Å². The molecule has 0 aliphatic carbocycles. The van der Waals surface area contributed by atoms with Crippen molar-refractivity contribution >= 4 is 21.9 Å². The Bertz CT molecular complexity index is 1260. The van der Waals surface area contributed by atoms with Gasteiger partial charge in [0.25, 0.3) is 0 Å². The summed E-state index contributed by atoms with van der Waals surface area (Å²) in [4.78, 5) is 14.0. The lowest BCUT2D eigenvalue weighted by molar-refractivity contribution is 0.0947. The molecule has 1 fully saturated rings. The van der Waals surface area contributed by atoms with Crippen LogP contribution in [0.1, 0.15) is 30.2 Å². The zero-order valence-corrected chi connectivity index (χ0v) is 18.9. The van der Waals surface area contributed by atoms with Gasteiger partial charge in [-0.3, -0.25) is 4.98 Å². The number of fused-ring (bicyclic) bond motifs is 2. The van der Waals surface area contributed by atoms with Crippen LogP contribution in [-0.4, -0.2) is 57.7 Å². The molecule has 0 spiro atoms. The van der Waals surface area contributed by atoms with Gasteiger partial charge < -0.3 is 25.0 Å². The van der Waals surface area contributed by atoms with Gasteiger partial charge in [-0.25, -0.2) is 13.8 Å². The number of ether oxygens (including phenoxy) is 1. The number of nitrogens with zero attached hydrogens (tertiary/aromatic N) is 3. The number of nitrogens with one attached hydrogen (secondary N) is 2. The third kappa shape index (κ3) is 4.59. The van der Waals surface area contributed by atoms with Crippen LogP contribution in [0.3, 0.4) is 0 Å². The lowest BCUT2D eigenvalue weighted by atomic mass is 10.0. The molecular formula is C25H27F2N5O2. The maximum Gasteiger partial charge on any atom is 0.213 e. The Labute approximate surface area is 195 Å². The van der Waals surface area contributed by atoms with E-state index in [9.17, 15) is 13.9 Å². The van der Waals surface area contributed by atoms with Gasteiger partial charge in [0, 0.05) is 48.0 Å². The number of β-amino-alcohol motifs (C(OH)–C–C–N with tert-alkyl or cyclic N) is 1. The number of rotatable bonds is 7. The van der Waals surface area contributed by atoms with Gasteiger partial charge in [-0.05, 0) is 56.3 Å². The van der Waals surface area contributed by atoms with E-state index in [-0.39, 0.29) is 10.9 Å². The molecule has 34 heavy (non-hydrogen) atoms. The molecule has 178 valence electrons. The van der Waals surface area contributed by atoms with Crippen LogP contribution < -0.4 is 10.1 Å². The van der Waals surface area contributed by atoms with Crippen molar-refractivity contribution in [2.75, 3.05) is 26.7 Å². The molecule has 7 nitrogen and oxygen atoms in total. The Kier molecular flexibility index (Phi) is 6.40. The van der Waals surface area contributed by atoms with Gasteiger partial charge in [-0.15, -0.1) is 0 Å². The fourth-order valence-electron chi connectivity index (χ4n) is 4.63. The molecule has 4 heterocycles. The molecule has 5 rings (SSSR count). The Balaban J connectivity index is 1.17. The maximum atomic E-state index is 13.9. The van der Waals surface area contributed by atoms with Crippen LogP contribution in [0.15, 0.2) is 42.6 Å². The highest BCUT2D eigenvalue weighted by atomic mass is 19.1. The molecule has 1 aliphatic rings. The summed E-state index contributed by atoms with van der Waals surface area (Å²) >= 11 is 0. The number of methoxy groups -OCH3 is 1. The number of pyridine rings is 2. The summed E-state index contributed by atoms with van der Waals surface area (Å²) in [7, 11) is 1.56. The minimum absolute atomic E-state index is 0.205. The average molecular weight is 468 g/mol. The Morgan fingerprint density at radius 3 is 2.74 bits per heavy atom. The van der Waals surface area contributed by atoms with Crippen LogP contribution in [0.2, 0.25) is 0 Å². The van der Waals surface area contributed by atoms with E-state index in [1.807, 2.05) is 6.07 Å². The van der Waals surface area contributed by atoms with Crippen LogP contribution in [0.25, 0.3) is 21.9 Å². The van der Waals surface area contributed by atoms with E-state index >= 15 is 0 Å². The van der Waals surface area contributed by atoms with Crippen LogP contribution in [-0.2, 0) is 6.54 Å². The number of aliphatic hydroxyl groups excluding tert-OH is 1. The molecule has 0 radical (unpaired) electrons. The first-order valence-electron chi connectivity index (χ1n) is 11.4. The molecule has 9 heteroatoms. The zero-order valence-electron chi connectivity index (χ0n) is 18.9. The van der Waals surface area contributed by atoms with Crippen molar-refractivity contribution in [3.8, 4) is 5.88 Å². The molecule has 1 aliphatic heterocycles. The number of aromatic amines is 1. The standard InChI is InChI=1S/C25H27F2N5O2/c1-34-23-5-4-21-25(31-23)17(6-9-28-21)22(33)14-32-10-7-15(8-11-32)29-13-16-12-18-19(26)2-3-20(27)24(18)30-16/h2-6,9,12,15,22,29-30,33H,7-8,10-11,13-14H2,1H3/t22-/m0/s1. The number of benzene rings is 1. The van der Waals surface area contributed by atoms with Crippen molar-refractivity contribution in [1.82, 2.24) is 25.2 Å². The van der Waals surface area contributed by atoms with Gasteiger partial charge in [-0.1, -0.05) is 0 Å². The molecule has 1 aromatic carbocycles. The van der Waals surface area contributed by atoms with Crippen molar-refractivity contribution in [2.24, 2.45) is 0 Å². The number of hydrogen-bond donors (Lipinski definition) is 3. The highest BCUT2D eigenvalue weighted by Crippen LogP contribution is 2.26.